The van der Waals surface area contributed by atoms with Gasteiger partial charge in [-0.1, -0.05) is 54.2 Å². The van der Waals surface area contributed by atoms with Crippen LogP contribution in [-0.2, 0) is 13.5 Å². The molecule has 2 aromatic rings. The highest BCUT2D eigenvalue weighted by Gasteiger charge is 2.22. The molecule has 142 valence electrons. The highest BCUT2D eigenvalue weighted by atomic mass is 79.9. The number of hydrogen-bond acceptors (Lipinski definition) is 2. The molecule has 1 N–H and O–H groups in total. The van der Waals surface area contributed by atoms with Crippen molar-refractivity contribution in [3.63, 3.8) is 0 Å². The number of carbonyl (C=O) groups is 1. The van der Waals surface area contributed by atoms with E-state index in [0.717, 1.165) is 39.1 Å². The zero-order valence-corrected chi connectivity index (χ0v) is 18.8. The summed E-state index contributed by atoms with van der Waals surface area (Å²) in [6, 6.07) is 4.02. The van der Waals surface area contributed by atoms with E-state index in [0.29, 0.717) is 6.54 Å². The van der Waals surface area contributed by atoms with Gasteiger partial charge in [0.1, 0.15) is 5.69 Å². The van der Waals surface area contributed by atoms with Crippen molar-refractivity contribution in [2.45, 2.75) is 32.1 Å². The van der Waals surface area contributed by atoms with Gasteiger partial charge in [-0.15, -0.1) is 0 Å². The zero-order chi connectivity index (χ0) is 19.3. The summed E-state index contributed by atoms with van der Waals surface area (Å²) in [4.78, 5) is 12.0. The Morgan fingerprint density at radius 2 is 1.85 bits per heavy atom. The van der Waals surface area contributed by atoms with Gasteiger partial charge >= 0.3 is 0 Å². The van der Waals surface area contributed by atoms with E-state index in [4.69, 9.17) is 0 Å². The van der Waals surface area contributed by atoms with E-state index < -0.39 is 18.0 Å². The number of aromatic nitrogens is 2. The predicted molar refractivity (Wildman–Crippen MR) is 108 cm³/mol. The number of amides is 1. The van der Waals surface area contributed by atoms with E-state index >= 15 is 0 Å². The van der Waals surface area contributed by atoms with Crippen LogP contribution in [-0.4, -0.2) is 22.2 Å². The number of nitrogens with one attached hydrogen (secondary N) is 1. The summed E-state index contributed by atoms with van der Waals surface area (Å²) in [5.74, 6) is -0.508. The Hall–Kier alpha value is -0.800. The number of halogens is 5. The molecule has 1 aromatic carbocycles. The molecule has 1 heterocycles. The van der Waals surface area contributed by atoms with Crippen molar-refractivity contribution in [1.82, 2.24) is 15.1 Å². The quantitative estimate of drug-likeness (QED) is 0.418. The minimum absolute atomic E-state index is 0.0646. The standard InChI is InChI=1S/C17H18Br3F2N3O/c1-25-9-12(15(24-25)16(21)22)17(26)23-6-4-2-3-5-11-13(19)7-10(18)8-14(11)20/h7-9,16H,2-6H2,1H3,(H,23,26). The third-order valence-corrected chi connectivity index (χ3v) is 5.68. The molecule has 0 aliphatic rings. The van der Waals surface area contributed by atoms with E-state index in [1.807, 2.05) is 12.1 Å². The Labute approximate surface area is 176 Å². The third kappa shape index (κ3) is 5.85. The molecule has 0 saturated heterocycles. The number of rotatable bonds is 8. The maximum atomic E-state index is 12.9. The van der Waals surface area contributed by atoms with Crippen LogP contribution in [0.4, 0.5) is 8.78 Å². The number of nitrogens with zero attached hydrogens (tertiary/aromatic N) is 2. The lowest BCUT2D eigenvalue weighted by atomic mass is 10.1. The average Bonchev–Trinajstić information content (AvgIpc) is 2.94. The lowest BCUT2D eigenvalue weighted by molar-refractivity contribution is 0.0938. The van der Waals surface area contributed by atoms with Gasteiger partial charge in [-0.3, -0.25) is 9.48 Å². The van der Waals surface area contributed by atoms with E-state index in [-0.39, 0.29) is 5.56 Å². The molecule has 9 heteroatoms. The van der Waals surface area contributed by atoms with Crippen LogP contribution in [0.2, 0.25) is 0 Å². The summed E-state index contributed by atoms with van der Waals surface area (Å²) in [5.41, 5.74) is 0.661. The number of benzene rings is 1. The molecule has 1 aromatic heterocycles. The van der Waals surface area contributed by atoms with Gasteiger partial charge in [-0.05, 0) is 37.0 Å². The molecule has 0 bridgehead atoms. The van der Waals surface area contributed by atoms with E-state index in [1.54, 1.807) is 0 Å². The second-order valence-electron chi connectivity index (χ2n) is 5.82. The van der Waals surface area contributed by atoms with Crippen LogP contribution in [0.3, 0.4) is 0 Å². The maximum absolute atomic E-state index is 12.9. The summed E-state index contributed by atoms with van der Waals surface area (Å²) < 4.78 is 30.1. The van der Waals surface area contributed by atoms with Gasteiger partial charge < -0.3 is 5.32 Å². The smallest absolute Gasteiger partial charge is 0.282 e. The van der Waals surface area contributed by atoms with Crippen LogP contribution in [0.1, 0.15) is 47.3 Å². The van der Waals surface area contributed by atoms with Crippen molar-refractivity contribution in [3.8, 4) is 0 Å². The number of carbonyl (C=O) groups excluding carboxylic acids is 1. The Morgan fingerprint density at radius 3 is 2.46 bits per heavy atom. The molecule has 0 aliphatic heterocycles. The summed E-state index contributed by atoms with van der Waals surface area (Å²) in [6.07, 6.45) is 2.12. The van der Waals surface area contributed by atoms with Gasteiger partial charge in [-0.2, -0.15) is 5.10 Å². The SMILES string of the molecule is Cn1cc(C(=O)NCCCCCc2c(Br)cc(Br)cc2Br)c(C(F)F)n1. The van der Waals surface area contributed by atoms with Crippen LogP contribution in [0.15, 0.2) is 31.7 Å². The molecule has 0 radical (unpaired) electrons. The molecule has 26 heavy (non-hydrogen) atoms. The first-order valence-corrected chi connectivity index (χ1v) is 10.4. The maximum Gasteiger partial charge on any atom is 0.282 e. The Balaban J connectivity index is 1.75. The number of unbranched alkanes of at least 4 members (excludes halogenated alkanes) is 2. The Kier molecular flexibility index (Phi) is 8.22. The summed E-state index contributed by atoms with van der Waals surface area (Å²) in [6.45, 7) is 0.444. The fourth-order valence-corrected chi connectivity index (χ4v) is 5.21. The van der Waals surface area contributed by atoms with Crippen molar-refractivity contribution in [3.05, 3.63) is 48.6 Å². The lowest BCUT2D eigenvalue weighted by Crippen LogP contribution is -2.25. The van der Waals surface area contributed by atoms with Gasteiger partial charge in [0.05, 0.1) is 5.56 Å². The molecule has 0 aliphatic carbocycles. The van der Waals surface area contributed by atoms with Crippen LogP contribution < -0.4 is 5.32 Å². The van der Waals surface area contributed by atoms with Gasteiger partial charge in [0.2, 0.25) is 0 Å². The van der Waals surface area contributed by atoms with Crippen LogP contribution in [0.25, 0.3) is 0 Å². The predicted octanol–water partition coefficient (Wildman–Crippen LogP) is 5.79. The highest BCUT2D eigenvalue weighted by Crippen LogP contribution is 2.31. The molecular weight excluding hydrogens is 540 g/mol. The fraction of sp³-hybridized carbons (Fsp3) is 0.412. The molecular formula is C17H18Br3F2N3O. The minimum Gasteiger partial charge on any atom is -0.352 e. The average molecular weight is 558 g/mol. The van der Waals surface area contributed by atoms with Gasteiger partial charge in [-0.25, -0.2) is 8.78 Å². The molecule has 1 amide bonds. The normalized spacial score (nSPS) is 11.2. The van der Waals surface area contributed by atoms with Crippen molar-refractivity contribution < 1.29 is 13.6 Å². The van der Waals surface area contributed by atoms with Gasteiger partial charge in [0, 0.05) is 33.2 Å². The summed E-state index contributed by atoms with van der Waals surface area (Å²) >= 11 is 10.6. The molecule has 0 unspecified atom stereocenters. The molecule has 0 fully saturated rings. The second-order valence-corrected chi connectivity index (χ2v) is 8.44. The summed E-state index contributed by atoms with van der Waals surface area (Å²) in [5, 5.41) is 6.32. The molecule has 0 spiro atoms. The van der Waals surface area contributed by atoms with Gasteiger partial charge in [0.25, 0.3) is 12.3 Å². The fourth-order valence-electron chi connectivity index (χ4n) is 2.55. The molecule has 4 nitrogen and oxygen atoms in total. The first-order valence-electron chi connectivity index (χ1n) is 8.03. The zero-order valence-electron chi connectivity index (χ0n) is 14.0. The molecule has 2 rings (SSSR count). The lowest BCUT2D eigenvalue weighted by Gasteiger charge is -2.09. The van der Waals surface area contributed by atoms with Crippen LogP contribution >= 0.6 is 47.8 Å². The first kappa shape index (κ1) is 21.5. The number of alkyl halides is 2. The van der Waals surface area contributed by atoms with Crippen molar-refractivity contribution in [2.75, 3.05) is 6.54 Å². The third-order valence-electron chi connectivity index (χ3n) is 3.80. The minimum atomic E-state index is -2.76. The van der Waals surface area contributed by atoms with Crippen molar-refractivity contribution in [1.29, 1.82) is 0 Å². The summed E-state index contributed by atoms with van der Waals surface area (Å²) in [7, 11) is 1.51. The monoisotopic (exact) mass is 555 g/mol. The van der Waals surface area contributed by atoms with E-state index in [9.17, 15) is 13.6 Å². The number of aryl methyl sites for hydroxylation is 1. The molecule has 0 saturated carbocycles. The van der Waals surface area contributed by atoms with Crippen LogP contribution in [0, 0.1) is 0 Å². The van der Waals surface area contributed by atoms with Crippen molar-refractivity contribution >= 4 is 53.7 Å². The second kappa shape index (κ2) is 9.94. The van der Waals surface area contributed by atoms with E-state index in [1.165, 1.54) is 23.5 Å². The highest BCUT2D eigenvalue weighted by molar-refractivity contribution is 9.11. The van der Waals surface area contributed by atoms with Gasteiger partial charge in [0.15, 0.2) is 0 Å². The van der Waals surface area contributed by atoms with E-state index in [2.05, 4.69) is 58.2 Å². The largest absolute Gasteiger partial charge is 0.352 e. The topological polar surface area (TPSA) is 46.9 Å². The first-order chi connectivity index (χ1) is 12.3. The number of hydrogen-bond donors (Lipinski definition) is 1. The van der Waals surface area contributed by atoms with Crippen molar-refractivity contribution in [2.24, 2.45) is 7.05 Å². The molecule has 0 atom stereocenters. The Morgan fingerprint density at radius 1 is 1.19 bits per heavy atom. The Bertz CT molecular complexity index is 758. The van der Waals surface area contributed by atoms with Crippen LogP contribution in [0.5, 0.6) is 0 Å².